The summed E-state index contributed by atoms with van der Waals surface area (Å²) in [5, 5.41) is 0. The monoisotopic (exact) mass is 553 g/mol. The van der Waals surface area contributed by atoms with Crippen LogP contribution in [0, 0.1) is 6.92 Å². The Morgan fingerprint density at radius 1 is 0.349 bits per heavy atom. The zero-order valence-corrected chi connectivity index (χ0v) is 23.6. The number of aryl methyl sites for hydroxylation is 1. The molecule has 0 aliphatic rings. The van der Waals surface area contributed by atoms with Crippen LogP contribution in [0.15, 0.2) is 147 Å². The molecular weight excluding hydrogens is 526 g/mol. The van der Waals surface area contributed by atoms with E-state index in [1.165, 1.54) is 0 Å². The molecule has 5 nitrogen and oxygen atoms in total. The minimum Gasteiger partial charge on any atom is -0.264 e. The molecule has 43 heavy (non-hydrogen) atoms. The van der Waals surface area contributed by atoms with Crippen LogP contribution in [0.2, 0.25) is 0 Å². The van der Waals surface area contributed by atoms with Gasteiger partial charge in [0.15, 0.2) is 0 Å². The number of benzene rings is 2. The molecule has 2 aromatic carbocycles. The molecule has 7 rings (SSSR count). The molecular formula is C38H27N5. The smallest absolute Gasteiger partial charge is 0.0711 e. The van der Waals surface area contributed by atoms with Gasteiger partial charge in [0.05, 0.1) is 5.69 Å². The predicted octanol–water partition coefficient (Wildman–Crippen LogP) is 8.97. The third-order valence-electron chi connectivity index (χ3n) is 7.43. The molecule has 0 bridgehead atoms. The Hall–Kier alpha value is -5.81. The van der Waals surface area contributed by atoms with Gasteiger partial charge in [0, 0.05) is 83.1 Å². The number of nitrogens with zero attached hydrogens (tertiary/aromatic N) is 5. The van der Waals surface area contributed by atoms with Gasteiger partial charge >= 0.3 is 0 Å². The fourth-order valence-corrected chi connectivity index (χ4v) is 5.35. The van der Waals surface area contributed by atoms with E-state index in [9.17, 15) is 0 Å². The average Bonchev–Trinajstić information content (AvgIpc) is 3.09. The molecule has 0 aliphatic carbocycles. The van der Waals surface area contributed by atoms with Crippen LogP contribution in [-0.4, -0.2) is 24.9 Å². The van der Waals surface area contributed by atoms with Crippen LogP contribution in [0.25, 0.3) is 66.9 Å². The Labute approximate surface area is 250 Å². The molecule has 0 radical (unpaired) electrons. The van der Waals surface area contributed by atoms with E-state index in [1.807, 2.05) is 56.0 Å². The maximum absolute atomic E-state index is 5.01. The topological polar surface area (TPSA) is 64.5 Å². The molecule has 5 aromatic heterocycles. The highest BCUT2D eigenvalue weighted by Gasteiger charge is 2.13. The van der Waals surface area contributed by atoms with Crippen molar-refractivity contribution >= 4 is 0 Å². The van der Waals surface area contributed by atoms with Crippen molar-refractivity contribution in [2.45, 2.75) is 6.92 Å². The lowest BCUT2D eigenvalue weighted by molar-refractivity contribution is 1.21. The molecule has 5 heteroatoms. The van der Waals surface area contributed by atoms with Gasteiger partial charge in [0.25, 0.3) is 0 Å². The molecule has 204 valence electrons. The van der Waals surface area contributed by atoms with Gasteiger partial charge in [-0.2, -0.15) is 0 Å². The zero-order chi connectivity index (χ0) is 29.0. The molecule has 5 heterocycles. The van der Waals surface area contributed by atoms with Crippen molar-refractivity contribution < 1.29 is 0 Å². The number of rotatable bonds is 6. The summed E-state index contributed by atoms with van der Waals surface area (Å²) in [7, 11) is 0. The van der Waals surface area contributed by atoms with E-state index < -0.39 is 0 Å². The van der Waals surface area contributed by atoms with Gasteiger partial charge in [-0.25, -0.2) is 0 Å². The van der Waals surface area contributed by atoms with Crippen molar-refractivity contribution in [2.24, 2.45) is 0 Å². The molecule has 0 saturated heterocycles. The Balaban J connectivity index is 1.40. The highest BCUT2D eigenvalue weighted by Crippen LogP contribution is 2.36. The summed E-state index contributed by atoms with van der Waals surface area (Å²) in [4.78, 5) is 22.5. The summed E-state index contributed by atoms with van der Waals surface area (Å²) in [6, 6.07) is 33.7. The number of hydrogen-bond acceptors (Lipinski definition) is 5. The molecule has 0 atom stereocenters. The molecule has 0 N–H and O–H groups in total. The van der Waals surface area contributed by atoms with E-state index in [1.54, 1.807) is 24.8 Å². The second-order valence-corrected chi connectivity index (χ2v) is 10.4. The summed E-state index contributed by atoms with van der Waals surface area (Å²) < 4.78 is 0. The van der Waals surface area contributed by atoms with E-state index in [4.69, 9.17) is 4.98 Å². The van der Waals surface area contributed by atoms with Crippen molar-refractivity contribution in [3.05, 3.63) is 152 Å². The van der Waals surface area contributed by atoms with Crippen LogP contribution in [-0.2, 0) is 0 Å². The van der Waals surface area contributed by atoms with Gasteiger partial charge in [-0.15, -0.1) is 0 Å². The second-order valence-electron chi connectivity index (χ2n) is 10.4. The van der Waals surface area contributed by atoms with E-state index in [-0.39, 0.29) is 0 Å². The lowest BCUT2D eigenvalue weighted by Gasteiger charge is -2.14. The average molecular weight is 554 g/mol. The SMILES string of the molecule is Cc1cc(-c2cc(-c3cccnc3)cc(-c3cccnc3)c2)cc(-c2cc(-c3cccnc3)cc(-c3cccnc3)c2)n1. The van der Waals surface area contributed by atoms with Gasteiger partial charge in [0.2, 0.25) is 0 Å². The second kappa shape index (κ2) is 11.6. The van der Waals surface area contributed by atoms with Gasteiger partial charge in [0.1, 0.15) is 0 Å². The minimum atomic E-state index is 0.903. The van der Waals surface area contributed by atoms with Gasteiger partial charge in [-0.3, -0.25) is 24.9 Å². The largest absolute Gasteiger partial charge is 0.264 e. The highest BCUT2D eigenvalue weighted by molar-refractivity contribution is 5.84. The molecule has 0 amide bonds. The summed E-state index contributed by atoms with van der Waals surface area (Å²) in [5.74, 6) is 0. The fourth-order valence-electron chi connectivity index (χ4n) is 5.35. The van der Waals surface area contributed by atoms with Gasteiger partial charge in [-0.1, -0.05) is 24.3 Å². The van der Waals surface area contributed by atoms with Crippen molar-refractivity contribution in [1.82, 2.24) is 24.9 Å². The first-order valence-electron chi connectivity index (χ1n) is 14.1. The number of pyridine rings is 5. The number of aromatic nitrogens is 5. The zero-order valence-electron chi connectivity index (χ0n) is 23.6. The predicted molar refractivity (Wildman–Crippen MR) is 173 cm³/mol. The molecule has 0 saturated carbocycles. The summed E-state index contributed by atoms with van der Waals surface area (Å²) in [6.45, 7) is 2.05. The minimum absolute atomic E-state index is 0.903. The van der Waals surface area contributed by atoms with Crippen LogP contribution in [0.3, 0.4) is 0 Å². The van der Waals surface area contributed by atoms with Crippen molar-refractivity contribution in [3.63, 3.8) is 0 Å². The Kier molecular flexibility index (Phi) is 7.04. The van der Waals surface area contributed by atoms with E-state index in [2.05, 4.69) is 92.7 Å². The molecule has 7 aromatic rings. The first-order chi connectivity index (χ1) is 21.2. The Morgan fingerprint density at radius 2 is 0.674 bits per heavy atom. The standard InChI is InChI=1S/C38H27N5/c1-26-14-31(36-17-32(27-6-2-10-39-22-27)15-33(18-36)28-7-3-11-40-23-28)21-38(43-26)37-19-34(29-8-4-12-41-24-29)16-35(20-37)30-9-5-13-42-25-30/h2-25H,1H3. The normalized spacial score (nSPS) is 10.9. The van der Waals surface area contributed by atoms with Crippen LogP contribution < -0.4 is 0 Å². The van der Waals surface area contributed by atoms with Crippen LogP contribution >= 0.6 is 0 Å². The van der Waals surface area contributed by atoms with Crippen LogP contribution in [0.4, 0.5) is 0 Å². The van der Waals surface area contributed by atoms with Crippen molar-refractivity contribution in [2.75, 3.05) is 0 Å². The van der Waals surface area contributed by atoms with Gasteiger partial charge in [-0.05, 0) is 113 Å². The molecule has 0 unspecified atom stereocenters. The lowest BCUT2D eigenvalue weighted by Crippen LogP contribution is -1.93. The fraction of sp³-hybridized carbons (Fsp3) is 0.0263. The Bertz CT molecular complexity index is 1750. The van der Waals surface area contributed by atoms with Crippen LogP contribution in [0.1, 0.15) is 5.69 Å². The molecule has 0 spiro atoms. The first kappa shape index (κ1) is 26.1. The quantitative estimate of drug-likeness (QED) is 0.206. The van der Waals surface area contributed by atoms with Crippen LogP contribution in [0.5, 0.6) is 0 Å². The first-order valence-corrected chi connectivity index (χ1v) is 14.1. The summed E-state index contributed by atoms with van der Waals surface area (Å²) >= 11 is 0. The maximum atomic E-state index is 5.01. The summed E-state index contributed by atoms with van der Waals surface area (Å²) in [5.41, 5.74) is 13.6. The highest BCUT2D eigenvalue weighted by atomic mass is 14.7. The lowest BCUT2D eigenvalue weighted by atomic mass is 9.92. The van der Waals surface area contributed by atoms with Gasteiger partial charge < -0.3 is 0 Å². The number of hydrogen-bond donors (Lipinski definition) is 0. The molecule has 0 fully saturated rings. The molecule has 0 aliphatic heterocycles. The van der Waals surface area contributed by atoms with E-state index >= 15 is 0 Å². The van der Waals surface area contributed by atoms with E-state index in [0.29, 0.717) is 0 Å². The van der Waals surface area contributed by atoms with E-state index in [0.717, 1.165) is 72.6 Å². The third-order valence-corrected chi connectivity index (χ3v) is 7.43. The van der Waals surface area contributed by atoms with Crippen molar-refractivity contribution in [3.8, 4) is 66.9 Å². The maximum Gasteiger partial charge on any atom is 0.0711 e. The van der Waals surface area contributed by atoms with Crippen molar-refractivity contribution in [1.29, 1.82) is 0 Å². The third kappa shape index (κ3) is 5.69. The summed E-state index contributed by atoms with van der Waals surface area (Å²) in [6.07, 6.45) is 14.8. The Morgan fingerprint density at radius 3 is 1.02 bits per heavy atom.